The predicted octanol–water partition coefficient (Wildman–Crippen LogP) is -0.982. The molecule has 1 aliphatic rings. The quantitative estimate of drug-likeness (QED) is 0.152. The number of hydrogen-bond acceptors (Lipinski definition) is 14. The van der Waals surface area contributed by atoms with Crippen LogP contribution in [0.4, 0.5) is 5.82 Å². The molecule has 21 nitrogen and oxygen atoms in total. The monoisotopic (exact) mass is 600 g/mol. The van der Waals surface area contributed by atoms with Crippen LogP contribution in [0.15, 0.2) is 12.7 Å². The van der Waals surface area contributed by atoms with Crippen LogP contribution in [0.1, 0.15) is 6.23 Å². The fourth-order valence-corrected chi connectivity index (χ4v) is 6.37. The van der Waals surface area contributed by atoms with Crippen molar-refractivity contribution >= 4 is 48.3 Å². The van der Waals surface area contributed by atoms with Gasteiger partial charge < -0.3 is 39.8 Å². The summed E-state index contributed by atoms with van der Waals surface area (Å²) in [5.74, 6) is 0.0336. The first kappa shape index (κ1) is 29.3. The fourth-order valence-electron chi connectivity index (χ4n) is 2.98. The van der Waals surface area contributed by atoms with Crippen molar-refractivity contribution < 1.29 is 70.0 Å². The third kappa shape index (κ3) is 8.68. The first-order chi connectivity index (χ1) is 16.4. The molecule has 3 heterocycles. The second-order valence-corrected chi connectivity index (χ2v) is 12.5. The topological polar surface area (TPSA) is 309 Å². The number of fused-ring (bicyclic) bond motifs is 1. The van der Waals surface area contributed by atoms with Gasteiger partial charge in [-0.05, 0) is 0 Å². The Morgan fingerprint density at radius 3 is 2.31 bits per heavy atom. The molecular formula is C11H20N6O15P4. The molecule has 0 radical (unpaired) electrons. The van der Waals surface area contributed by atoms with Gasteiger partial charge in [-0.3, -0.25) is 18.5 Å². The Labute approximate surface area is 200 Å². The van der Waals surface area contributed by atoms with Crippen LogP contribution in [-0.4, -0.2) is 86.3 Å². The number of rotatable bonds is 11. The summed E-state index contributed by atoms with van der Waals surface area (Å²) in [7, 11) is -21.7. The minimum absolute atomic E-state index is 0.0316. The van der Waals surface area contributed by atoms with E-state index in [4.69, 9.17) is 34.6 Å². The van der Waals surface area contributed by atoms with Crippen molar-refractivity contribution in [3.05, 3.63) is 12.7 Å². The molecule has 3 rings (SSSR count). The third-order valence-electron chi connectivity index (χ3n) is 4.16. The number of anilines is 1. The first-order valence-electron chi connectivity index (χ1n) is 9.26. The zero-order chi connectivity index (χ0) is 26.9. The number of phosphoric acid groups is 4. The van der Waals surface area contributed by atoms with Gasteiger partial charge in [-0.1, -0.05) is 0 Å². The number of aromatic nitrogens is 4. The van der Waals surface area contributed by atoms with Crippen LogP contribution in [0.5, 0.6) is 0 Å². The second kappa shape index (κ2) is 10.9. The molecule has 204 valence electrons. The van der Waals surface area contributed by atoms with Gasteiger partial charge in [0.25, 0.3) is 0 Å². The number of nitrogen functional groups attached to an aromatic ring is 1. The summed E-state index contributed by atoms with van der Waals surface area (Å²) in [6.07, 6.45) is -0.432. The Morgan fingerprint density at radius 2 is 1.67 bits per heavy atom. The molecule has 0 bridgehead atoms. The first-order valence-corrected chi connectivity index (χ1v) is 15.3. The second-order valence-electron chi connectivity index (χ2n) is 6.88. The lowest BCUT2D eigenvalue weighted by Crippen LogP contribution is -2.47. The standard InChI is InChI=1S/C11H20N6O15P4/c12-10-9-11(14-5-13-10)17(6-15-9)7-3-16(1-2-28-33(18,19)20)4-8(29-7)30-35(24,25)32-36(26,27)31-34(21,22)23/h5-8H,1-4H2,(H,24,25)(H,26,27)(H2,12,13,14)(H2,18,19,20)(H2,21,22,23)/t7-,8?/m0/s1. The van der Waals surface area contributed by atoms with Gasteiger partial charge in [0, 0.05) is 13.1 Å². The van der Waals surface area contributed by atoms with Gasteiger partial charge in [-0.15, -0.1) is 0 Å². The van der Waals surface area contributed by atoms with Crippen LogP contribution in [0, 0.1) is 0 Å². The lowest BCUT2D eigenvalue weighted by atomic mass is 10.3. The number of hydrogen-bond donors (Lipinski definition) is 7. The molecule has 0 spiro atoms. The van der Waals surface area contributed by atoms with E-state index in [2.05, 4.69) is 28.1 Å². The Kier molecular flexibility index (Phi) is 8.87. The van der Waals surface area contributed by atoms with E-state index in [-0.39, 0.29) is 36.6 Å². The molecule has 0 aromatic carbocycles. The van der Waals surface area contributed by atoms with Crippen LogP contribution in [0.25, 0.3) is 11.2 Å². The molecule has 25 heteroatoms. The maximum absolute atomic E-state index is 12.2. The van der Waals surface area contributed by atoms with E-state index in [1.807, 2.05) is 0 Å². The van der Waals surface area contributed by atoms with Crippen molar-refractivity contribution in [2.24, 2.45) is 0 Å². The summed E-state index contributed by atoms with van der Waals surface area (Å²) in [6, 6.07) is 0. The molecule has 1 saturated heterocycles. The van der Waals surface area contributed by atoms with Crippen molar-refractivity contribution in [2.45, 2.75) is 12.5 Å². The number of ether oxygens (including phenoxy) is 1. The van der Waals surface area contributed by atoms with Gasteiger partial charge in [0.1, 0.15) is 11.8 Å². The molecule has 1 aliphatic heterocycles. The van der Waals surface area contributed by atoms with Crippen LogP contribution >= 0.6 is 31.3 Å². The maximum atomic E-state index is 12.2. The molecule has 36 heavy (non-hydrogen) atoms. The summed E-state index contributed by atoms with van der Waals surface area (Å²) in [6.45, 7) is -1.05. The largest absolute Gasteiger partial charge is 0.490 e. The fraction of sp³-hybridized carbons (Fsp3) is 0.545. The molecule has 0 saturated carbocycles. The molecule has 0 aliphatic carbocycles. The Balaban J connectivity index is 1.81. The van der Waals surface area contributed by atoms with Crippen LogP contribution in [0.2, 0.25) is 0 Å². The highest BCUT2D eigenvalue weighted by Crippen LogP contribution is 2.66. The Morgan fingerprint density at radius 1 is 0.972 bits per heavy atom. The number of nitrogens with zero attached hydrogens (tertiary/aromatic N) is 5. The van der Waals surface area contributed by atoms with Crippen molar-refractivity contribution in [3.8, 4) is 0 Å². The summed E-state index contributed by atoms with van der Waals surface area (Å²) >= 11 is 0. The minimum Gasteiger partial charge on any atom is -0.382 e. The molecule has 0 amide bonds. The van der Waals surface area contributed by atoms with E-state index in [1.165, 1.54) is 15.8 Å². The molecule has 2 aromatic heterocycles. The van der Waals surface area contributed by atoms with Crippen molar-refractivity contribution in [3.63, 3.8) is 0 Å². The number of phosphoric ester groups is 2. The third-order valence-corrected chi connectivity index (χ3v) is 8.51. The normalized spacial score (nSPS) is 23.4. The summed E-state index contributed by atoms with van der Waals surface area (Å²) in [4.78, 5) is 67.5. The molecule has 8 N–H and O–H groups in total. The van der Waals surface area contributed by atoms with Crippen LogP contribution in [0.3, 0.4) is 0 Å². The van der Waals surface area contributed by atoms with Crippen molar-refractivity contribution in [1.29, 1.82) is 0 Å². The smallest absolute Gasteiger partial charge is 0.382 e. The molecule has 1 fully saturated rings. The van der Waals surface area contributed by atoms with E-state index in [0.717, 1.165) is 6.33 Å². The Hall–Kier alpha value is -1.21. The lowest BCUT2D eigenvalue weighted by Gasteiger charge is -2.38. The molecule has 3 unspecified atom stereocenters. The summed E-state index contributed by atoms with van der Waals surface area (Å²) in [5.41, 5.74) is 6.11. The molecule has 2 aromatic rings. The zero-order valence-corrected chi connectivity index (χ0v) is 21.2. The maximum Gasteiger partial charge on any atom is 0.490 e. The lowest BCUT2D eigenvalue weighted by molar-refractivity contribution is -0.199. The number of morpholine rings is 1. The SMILES string of the molecule is Nc1ncnc2c1ncn2[C@@H]1CN(CCOP(=O)(O)O)CC(OP(=O)(O)OP(=O)(O)OP(=O)(O)O)O1. The molecule has 4 atom stereocenters. The Bertz CT molecular complexity index is 1280. The zero-order valence-electron chi connectivity index (χ0n) is 17.6. The average molecular weight is 600 g/mol. The van der Waals surface area contributed by atoms with Gasteiger partial charge in [0.15, 0.2) is 24.0 Å². The van der Waals surface area contributed by atoms with E-state index >= 15 is 0 Å². The van der Waals surface area contributed by atoms with Gasteiger partial charge >= 0.3 is 31.3 Å². The van der Waals surface area contributed by atoms with Crippen molar-refractivity contribution in [1.82, 2.24) is 24.4 Å². The van der Waals surface area contributed by atoms with Crippen LogP contribution in [-0.2, 0) is 40.7 Å². The average Bonchev–Trinajstić information content (AvgIpc) is 3.09. The van der Waals surface area contributed by atoms with Gasteiger partial charge in [0.05, 0.1) is 19.5 Å². The molecular weight excluding hydrogens is 580 g/mol. The predicted molar refractivity (Wildman–Crippen MR) is 113 cm³/mol. The number of nitrogens with two attached hydrogens (primary N) is 1. The summed E-state index contributed by atoms with van der Waals surface area (Å²) < 4.78 is 69.0. The van der Waals surface area contributed by atoms with Gasteiger partial charge in [-0.25, -0.2) is 33.2 Å². The highest BCUT2D eigenvalue weighted by molar-refractivity contribution is 7.66. The van der Waals surface area contributed by atoms with E-state index in [9.17, 15) is 28.0 Å². The van der Waals surface area contributed by atoms with E-state index < -0.39 is 50.4 Å². The van der Waals surface area contributed by atoms with Crippen molar-refractivity contribution in [2.75, 3.05) is 32.0 Å². The van der Waals surface area contributed by atoms with Gasteiger partial charge in [0.2, 0.25) is 0 Å². The van der Waals surface area contributed by atoms with E-state index in [1.54, 1.807) is 0 Å². The van der Waals surface area contributed by atoms with E-state index in [0.29, 0.717) is 0 Å². The highest BCUT2D eigenvalue weighted by Gasteiger charge is 2.43. The minimum atomic E-state index is -5.78. The number of imidazole rings is 1. The highest BCUT2D eigenvalue weighted by atomic mass is 31.3. The summed E-state index contributed by atoms with van der Waals surface area (Å²) in [5, 5.41) is 0. The van der Waals surface area contributed by atoms with Crippen LogP contribution < -0.4 is 5.73 Å². The van der Waals surface area contributed by atoms with Gasteiger partial charge in [-0.2, -0.15) is 8.62 Å².